The Labute approximate surface area is 160 Å². The second-order valence-electron chi connectivity index (χ2n) is 7.02. The van der Waals surface area contributed by atoms with Gasteiger partial charge in [0.15, 0.2) is 0 Å². The van der Waals surface area contributed by atoms with Gasteiger partial charge in [0, 0.05) is 49.5 Å². The van der Waals surface area contributed by atoms with E-state index in [0.717, 1.165) is 25.2 Å². The van der Waals surface area contributed by atoms with Crippen molar-refractivity contribution in [2.24, 2.45) is 0 Å². The monoisotopic (exact) mass is 359 g/mol. The van der Waals surface area contributed by atoms with Gasteiger partial charge >= 0.3 is 0 Å². The van der Waals surface area contributed by atoms with E-state index in [0.29, 0.717) is 12.0 Å². The van der Waals surface area contributed by atoms with Gasteiger partial charge in [-0.1, -0.05) is 42.8 Å². The number of pyridine rings is 1. The molecule has 1 saturated heterocycles. The fourth-order valence-electron chi connectivity index (χ4n) is 3.67. The molecule has 3 aromatic rings. The molecule has 4 rings (SSSR count). The van der Waals surface area contributed by atoms with E-state index in [2.05, 4.69) is 43.4 Å². The molecule has 5 heteroatoms. The summed E-state index contributed by atoms with van der Waals surface area (Å²) in [6.07, 6.45) is 11.4. The fourth-order valence-corrected chi connectivity index (χ4v) is 3.67. The molecule has 27 heavy (non-hydrogen) atoms. The molecule has 0 saturated carbocycles. The van der Waals surface area contributed by atoms with Gasteiger partial charge in [-0.2, -0.15) is 0 Å². The van der Waals surface area contributed by atoms with E-state index < -0.39 is 0 Å². The largest absolute Gasteiger partial charge is 0.350 e. The summed E-state index contributed by atoms with van der Waals surface area (Å²) >= 11 is 0. The van der Waals surface area contributed by atoms with Crippen LogP contribution in [0.15, 0.2) is 67.3 Å². The minimum Gasteiger partial charge on any atom is -0.350 e. The summed E-state index contributed by atoms with van der Waals surface area (Å²) in [5.41, 5.74) is 3.67. The maximum absolute atomic E-state index is 4.50. The van der Waals surface area contributed by atoms with Crippen LogP contribution >= 0.6 is 0 Å². The van der Waals surface area contributed by atoms with E-state index in [-0.39, 0.29) is 0 Å². The van der Waals surface area contributed by atoms with Crippen molar-refractivity contribution in [3.63, 3.8) is 0 Å². The number of rotatable bonds is 6. The average Bonchev–Trinajstić information content (AvgIpc) is 2.75. The van der Waals surface area contributed by atoms with E-state index in [1.807, 2.05) is 49.1 Å². The highest BCUT2D eigenvalue weighted by Crippen LogP contribution is 2.31. The quantitative estimate of drug-likeness (QED) is 0.714. The molecule has 1 aliphatic rings. The SMILES string of the molecule is c1ccc(CNc2ncc(CN3CCCC[C@@H]3c3cccnc3)cn2)cc1. The van der Waals surface area contributed by atoms with Crippen LogP contribution in [-0.4, -0.2) is 26.4 Å². The average molecular weight is 359 g/mol. The highest BCUT2D eigenvalue weighted by Gasteiger charge is 2.24. The van der Waals surface area contributed by atoms with Crippen LogP contribution in [0.25, 0.3) is 0 Å². The highest BCUT2D eigenvalue weighted by atomic mass is 15.2. The summed E-state index contributed by atoms with van der Waals surface area (Å²) < 4.78 is 0. The van der Waals surface area contributed by atoms with Crippen molar-refractivity contribution >= 4 is 5.95 Å². The van der Waals surface area contributed by atoms with Crippen molar-refractivity contribution in [3.05, 3.63) is 83.9 Å². The van der Waals surface area contributed by atoms with Gasteiger partial charge in [0.1, 0.15) is 0 Å². The Morgan fingerprint density at radius 1 is 0.926 bits per heavy atom. The van der Waals surface area contributed by atoms with E-state index >= 15 is 0 Å². The lowest BCUT2D eigenvalue weighted by Gasteiger charge is -2.35. The van der Waals surface area contributed by atoms with Gasteiger partial charge in [0.25, 0.3) is 0 Å². The molecule has 2 aromatic heterocycles. The third-order valence-corrected chi connectivity index (χ3v) is 5.07. The normalized spacial score (nSPS) is 17.6. The summed E-state index contributed by atoms with van der Waals surface area (Å²) in [5, 5.41) is 3.28. The highest BCUT2D eigenvalue weighted by molar-refractivity contribution is 5.28. The molecule has 0 amide bonds. The summed E-state index contributed by atoms with van der Waals surface area (Å²) in [6, 6.07) is 14.9. The molecule has 0 spiro atoms. The molecule has 0 unspecified atom stereocenters. The van der Waals surface area contributed by atoms with Gasteiger partial charge in [-0.05, 0) is 36.6 Å². The molecule has 3 heterocycles. The fraction of sp³-hybridized carbons (Fsp3) is 0.318. The third kappa shape index (κ3) is 4.68. The molecule has 1 aromatic carbocycles. The van der Waals surface area contributed by atoms with Crippen LogP contribution < -0.4 is 5.32 Å². The standard InChI is InChI=1S/C22H25N5/c1-2-7-18(8-3-1)13-24-22-25-14-19(15-26-22)17-27-12-5-4-10-21(27)20-9-6-11-23-16-20/h1-3,6-9,11,14-16,21H,4-5,10,12-13,17H2,(H,24,25,26)/t21-/m1/s1. The lowest BCUT2D eigenvalue weighted by Crippen LogP contribution is -2.33. The van der Waals surface area contributed by atoms with E-state index in [1.165, 1.54) is 30.4 Å². The maximum Gasteiger partial charge on any atom is 0.222 e. The Morgan fingerprint density at radius 2 is 1.78 bits per heavy atom. The number of nitrogens with one attached hydrogen (secondary N) is 1. The molecule has 0 bridgehead atoms. The number of hydrogen-bond donors (Lipinski definition) is 1. The Morgan fingerprint density at radius 3 is 2.56 bits per heavy atom. The summed E-state index contributed by atoms with van der Waals surface area (Å²) in [4.78, 5) is 15.8. The number of nitrogens with zero attached hydrogens (tertiary/aromatic N) is 4. The van der Waals surface area contributed by atoms with Crippen LogP contribution in [0, 0.1) is 0 Å². The summed E-state index contributed by atoms with van der Waals surface area (Å²) in [7, 11) is 0. The number of benzene rings is 1. The smallest absolute Gasteiger partial charge is 0.222 e. The molecule has 1 atom stereocenters. The van der Waals surface area contributed by atoms with Crippen LogP contribution in [0.3, 0.4) is 0 Å². The van der Waals surface area contributed by atoms with Gasteiger partial charge in [-0.15, -0.1) is 0 Å². The summed E-state index contributed by atoms with van der Waals surface area (Å²) in [6.45, 7) is 2.71. The second-order valence-corrected chi connectivity index (χ2v) is 7.02. The molecule has 138 valence electrons. The zero-order chi connectivity index (χ0) is 18.3. The van der Waals surface area contributed by atoms with Crippen molar-refractivity contribution in [1.82, 2.24) is 19.9 Å². The van der Waals surface area contributed by atoms with Crippen molar-refractivity contribution < 1.29 is 0 Å². The van der Waals surface area contributed by atoms with E-state index in [4.69, 9.17) is 0 Å². The van der Waals surface area contributed by atoms with Crippen LogP contribution in [-0.2, 0) is 13.1 Å². The molecule has 5 nitrogen and oxygen atoms in total. The number of hydrogen-bond acceptors (Lipinski definition) is 5. The predicted molar refractivity (Wildman–Crippen MR) is 107 cm³/mol. The molecular formula is C22H25N5. The van der Waals surface area contributed by atoms with Crippen molar-refractivity contribution in [1.29, 1.82) is 0 Å². The zero-order valence-corrected chi connectivity index (χ0v) is 15.5. The van der Waals surface area contributed by atoms with Gasteiger partial charge in [0.2, 0.25) is 5.95 Å². The van der Waals surface area contributed by atoms with Crippen molar-refractivity contribution in [3.8, 4) is 0 Å². The number of anilines is 1. The number of piperidine rings is 1. The van der Waals surface area contributed by atoms with Crippen LogP contribution in [0.4, 0.5) is 5.95 Å². The predicted octanol–water partition coefficient (Wildman–Crippen LogP) is 4.21. The Kier molecular flexibility index (Phi) is 5.70. The first-order valence-electron chi connectivity index (χ1n) is 9.61. The van der Waals surface area contributed by atoms with Gasteiger partial charge < -0.3 is 5.32 Å². The van der Waals surface area contributed by atoms with Crippen LogP contribution in [0.5, 0.6) is 0 Å². The minimum atomic E-state index is 0.434. The lowest BCUT2D eigenvalue weighted by atomic mass is 9.96. The van der Waals surface area contributed by atoms with Crippen molar-refractivity contribution in [2.75, 3.05) is 11.9 Å². The third-order valence-electron chi connectivity index (χ3n) is 5.07. The first-order chi connectivity index (χ1) is 13.4. The minimum absolute atomic E-state index is 0.434. The first-order valence-corrected chi connectivity index (χ1v) is 9.61. The Bertz CT molecular complexity index is 820. The van der Waals surface area contributed by atoms with E-state index in [9.17, 15) is 0 Å². The second kappa shape index (κ2) is 8.73. The topological polar surface area (TPSA) is 53.9 Å². The first kappa shape index (κ1) is 17.6. The van der Waals surface area contributed by atoms with Crippen LogP contribution in [0.1, 0.15) is 42.0 Å². The van der Waals surface area contributed by atoms with Crippen LogP contribution in [0.2, 0.25) is 0 Å². The van der Waals surface area contributed by atoms with Gasteiger partial charge in [-0.3, -0.25) is 9.88 Å². The number of likely N-dealkylation sites (tertiary alicyclic amines) is 1. The lowest BCUT2D eigenvalue weighted by molar-refractivity contribution is 0.140. The van der Waals surface area contributed by atoms with Gasteiger partial charge in [0.05, 0.1) is 0 Å². The zero-order valence-electron chi connectivity index (χ0n) is 15.5. The molecule has 1 N–H and O–H groups in total. The Balaban J connectivity index is 1.38. The molecule has 1 fully saturated rings. The molecule has 1 aliphatic heterocycles. The Hall–Kier alpha value is -2.79. The number of aromatic nitrogens is 3. The van der Waals surface area contributed by atoms with Crippen molar-refractivity contribution in [2.45, 2.75) is 38.4 Å². The summed E-state index contributed by atoms with van der Waals surface area (Å²) in [5.74, 6) is 0.671. The molecular weight excluding hydrogens is 334 g/mol. The maximum atomic E-state index is 4.50. The van der Waals surface area contributed by atoms with E-state index in [1.54, 1.807) is 0 Å². The van der Waals surface area contributed by atoms with Gasteiger partial charge in [-0.25, -0.2) is 9.97 Å². The molecule has 0 radical (unpaired) electrons. The molecule has 0 aliphatic carbocycles.